The van der Waals surface area contributed by atoms with Crippen LogP contribution < -0.4 is 4.74 Å². The minimum absolute atomic E-state index is 0.0983. The number of hydrogen-bond acceptors (Lipinski definition) is 4. The number of halogens is 1. The van der Waals surface area contributed by atoms with Gasteiger partial charge in [-0.1, -0.05) is 6.07 Å². The van der Waals surface area contributed by atoms with E-state index in [2.05, 4.69) is 4.90 Å². The first-order chi connectivity index (χ1) is 11.2. The van der Waals surface area contributed by atoms with Crippen molar-refractivity contribution >= 4 is 17.7 Å². The van der Waals surface area contributed by atoms with Crippen LogP contribution >= 0.6 is 11.8 Å². The molecule has 4 nitrogen and oxygen atoms in total. The first kappa shape index (κ1) is 16.6. The van der Waals surface area contributed by atoms with Gasteiger partial charge in [0.1, 0.15) is 0 Å². The number of ether oxygens (including phenoxy) is 1. The molecule has 0 radical (unpaired) electrons. The highest BCUT2D eigenvalue weighted by Crippen LogP contribution is 2.24. The van der Waals surface area contributed by atoms with Crippen LogP contribution in [0.5, 0.6) is 5.75 Å². The highest BCUT2D eigenvalue weighted by molar-refractivity contribution is 7.99. The third kappa shape index (κ3) is 3.98. The van der Waals surface area contributed by atoms with Crippen LogP contribution in [0.2, 0.25) is 0 Å². The Bertz CT molecular complexity index is 564. The fourth-order valence-electron chi connectivity index (χ4n) is 3.29. The lowest BCUT2D eigenvalue weighted by atomic mass is 10.1. The van der Waals surface area contributed by atoms with Crippen molar-refractivity contribution in [3.8, 4) is 5.75 Å². The highest BCUT2D eigenvalue weighted by atomic mass is 32.2. The zero-order valence-electron chi connectivity index (χ0n) is 13.5. The molecule has 0 aliphatic carbocycles. The molecule has 0 N–H and O–H groups in total. The lowest BCUT2D eigenvalue weighted by Gasteiger charge is -2.29. The summed E-state index contributed by atoms with van der Waals surface area (Å²) in [4.78, 5) is 16.8. The van der Waals surface area contributed by atoms with Gasteiger partial charge in [0, 0.05) is 37.7 Å². The minimum atomic E-state index is -0.331. The smallest absolute Gasteiger partial charge is 0.227 e. The molecule has 0 saturated carbocycles. The van der Waals surface area contributed by atoms with E-state index < -0.39 is 0 Å². The second kappa shape index (κ2) is 7.53. The summed E-state index contributed by atoms with van der Waals surface area (Å²) >= 11 is 1.92. The number of rotatable bonds is 4. The van der Waals surface area contributed by atoms with E-state index in [1.807, 2.05) is 22.7 Å². The highest BCUT2D eigenvalue weighted by Gasteiger charge is 2.31. The maximum Gasteiger partial charge on any atom is 0.227 e. The number of carbonyl (C=O) groups excluding carboxylic acids is 1. The Balaban J connectivity index is 1.55. The zero-order valence-corrected chi connectivity index (χ0v) is 14.3. The second-order valence-electron chi connectivity index (χ2n) is 6.13. The number of likely N-dealkylation sites (tertiary alicyclic amines) is 1. The summed E-state index contributed by atoms with van der Waals surface area (Å²) in [5.41, 5.74) is 0.922. The molecule has 23 heavy (non-hydrogen) atoms. The monoisotopic (exact) mass is 338 g/mol. The molecule has 2 aliphatic heterocycles. The Morgan fingerprint density at radius 2 is 2.13 bits per heavy atom. The summed E-state index contributed by atoms with van der Waals surface area (Å²) < 4.78 is 18.7. The molecule has 2 aliphatic rings. The molecule has 0 aromatic heterocycles. The number of nitrogens with zero attached hydrogens (tertiary/aromatic N) is 2. The number of benzene rings is 1. The predicted molar refractivity (Wildman–Crippen MR) is 90.2 cm³/mol. The fraction of sp³-hybridized carbons (Fsp3) is 0.588. The van der Waals surface area contributed by atoms with Crippen molar-refractivity contribution in [3.63, 3.8) is 0 Å². The summed E-state index contributed by atoms with van der Waals surface area (Å²) in [6, 6.07) is 5.07. The zero-order chi connectivity index (χ0) is 16.2. The van der Waals surface area contributed by atoms with Crippen LogP contribution in [0.3, 0.4) is 0 Å². The van der Waals surface area contributed by atoms with Crippen molar-refractivity contribution in [1.82, 2.24) is 9.80 Å². The van der Waals surface area contributed by atoms with Gasteiger partial charge < -0.3 is 9.64 Å². The first-order valence-corrected chi connectivity index (χ1v) is 9.24. The van der Waals surface area contributed by atoms with Crippen LogP contribution in [0, 0.1) is 11.7 Å². The van der Waals surface area contributed by atoms with Gasteiger partial charge >= 0.3 is 0 Å². The van der Waals surface area contributed by atoms with Crippen molar-refractivity contribution in [2.75, 3.05) is 44.8 Å². The molecular formula is C17H23FN2O2S. The number of methoxy groups -OCH3 is 1. The van der Waals surface area contributed by atoms with Gasteiger partial charge in [-0.2, -0.15) is 11.8 Å². The van der Waals surface area contributed by atoms with Gasteiger partial charge in [0.25, 0.3) is 0 Å². The first-order valence-electron chi connectivity index (χ1n) is 8.08. The molecule has 126 valence electrons. The lowest BCUT2D eigenvalue weighted by Crippen LogP contribution is -2.42. The average Bonchev–Trinajstić information content (AvgIpc) is 3.03. The summed E-state index contributed by atoms with van der Waals surface area (Å²) in [5, 5.41) is 0. The molecule has 1 amide bonds. The van der Waals surface area contributed by atoms with E-state index in [1.54, 1.807) is 6.07 Å². The number of thioether (sulfide) groups is 1. The van der Waals surface area contributed by atoms with Crippen molar-refractivity contribution in [2.45, 2.75) is 13.0 Å². The molecular weight excluding hydrogens is 315 g/mol. The Kier molecular flexibility index (Phi) is 5.43. The van der Waals surface area contributed by atoms with Crippen LogP contribution in [0.15, 0.2) is 18.2 Å². The second-order valence-corrected chi connectivity index (χ2v) is 7.35. The third-order valence-corrected chi connectivity index (χ3v) is 5.51. The van der Waals surface area contributed by atoms with Gasteiger partial charge in [0.2, 0.25) is 5.91 Å². The molecule has 1 aromatic rings. The molecule has 1 aromatic carbocycles. The molecule has 1 atom stereocenters. The number of hydrogen-bond donors (Lipinski definition) is 0. The third-order valence-electron chi connectivity index (χ3n) is 4.57. The normalized spacial score (nSPS) is 22.3. The van der Waals surface area contributed by atoms with Crippen molar-refractivity contribution in [3.05, 3.63) is 29.6 Å². The summed E-state index contributed by atoms with van der Waals surface area (Å²) in [6.45, 7) is 4.11. The minimum Gasteiger partial charge on any atom is -0.494 e. The molecule has 1 unspecified atom stereocenters. The van der Waals surface area contributed by atoms with Gasteiger partial charge in [-0.15, -0.1) is 0 Å². The van der Waals surface area contributed by atoms with Crippen LogP contribution in [0.1, 0.15) is 12.0 Å². The Morgan fingerprint density at radius 1 is 1.35 bits per heavy atom. The van der Waals surface area contributed by atoms with Gasteiger partial charge in [0.15, 0.2) is 11.6 Å². The molecule has 2 saturated heterocycles. The van der Waals surface area contributed by atoms with Crippen molar-refractivity contribution < 1.29 is 13.9 Å². The largest absolute Gasteiger partial charge is 0.494 e. The quantitative estimate of drug-likeness (QED) is 0.843. The Morgan fingerprint density at radius 3 is 2.83 bits per heavy atom. The van der Waals surface area contributed by atoms with Crippen LogP contribution in [0.25, 0.3) is 0 Å². The Hall–Kier alpha value is -1.27. The topological polar surface area (TPSA) is 32.8 Å². The number of carbonyl (C=O) groups is 1. The maximum absolute atomic E-state index is 13.8. The summed E-state index contributed by atoms with van der Waals surface area (Å²) in [6.07, 6.45) is 0.904. The molecule has 6 heteroatoms. The molecule has 2 heterocycles. The van der Waals surface area contributed by atoms with Crippen molar-refractivity contribution in [2.24, 2.45) is 5.92 Å². The maximum atomic E-state index is 13.8. The van der Waals surface area contributed by atoms with E-state index in [1.165, 1.54) is 13.2 Å². The summed E-state index contributed by atoms with van der Waals surface area (Å²) in [7, 11) is 1.47. The van der Waals surface area contributed by atoms with Crippen molar-refractivity contribution in [1.29, 1.82) is 0 Å². The van der Waals surface area contributed by atoms with E-state index in [0.29, 0.717) is 12.5 Å². The molecule has 0 bridgehead atoms. The van der Waals surface area contributed by atoms with E-state index >= 15 is 0 Å². The number of amides is 1. The van der Waals surface area contributed by atoms with Gasteiger partial charge in [-0.3, -0.25) is 9.69 Å². The Labute approximate surface area is 141 Å². The summed E-state index contributed by atoms with van der Waals surface area (Å²) in [5.74, 6) is 2.43. The van der Waals surface area contributed by atoms with Crippen LogP contribution in [-0.2, 0) is 11.3 Å². The van der Waals surface area contributed by atoms with E-state index in [9.17, 15) is 9.18 Å². The van der Waals surface area contributed by atoms with E-state index in [4.69, 9.17) is 4.74 Å². The van der Waals surface area contributed by atoms with Crippen LogP contribution in [0.4, 0.5) is 4.39 Å². The van der Waals surface area contributed by atoms with Gasteiger partial charge in [-0.05, 0) is 30.7 Å². The van der Waals surface area contributed by atoms with E-state index in [0.717, 1.165) is 49.7 Å². The van der Waals surface area contributed by atoms with Gasteiger partial charge in [0.05, 0.1) is 13.0 Å². The van der Waals surface area contributed by atoms with E-state index in [-0.39, 0.29) is 17.5 Å². The van der Waals surface area contributed by atoms with Gasteiger partial charge in [-0.25, -0.2) is 4.39 Å². The van der Waals surface area contributed by atoms with Crippen LogP contribution in [-0.4, -0.2) is 60.5 Å². The lowest BCUT2D eigenvalue weighted by molar-refractivity contribution is -0.134. The molecule has 3 rings (SSSR count). The SMILES string of the molecule is COc1ccc(CN2CCC(C(=O)N3CCSCC3)C2)cc1F. The molecule has 2 fully saturated rings. The standard InChI is InChI=1S/C17H23FN2O2S/c1-22-16-3-2-13(10-15(16)18)11-19-5-4-14(12-19)17(21)20-6-8-23-9-7-20/h2-3,10,14H,4-9,11-12H2,1H3. The predicted octanol–water partition coefficient (Wildman–Crippen LogP) is 2.23. The average molecular weight is 338 g/mol. The molecule has 0 spiro atoms. The fourth-order valence-corrected chi connectivity index (χ4v) is 4.19.